The number of nitrogens with zero attached hydrogens (tertiary/aromatic N) is 2. The number of ether oxygens (including phenoxy) is 2. The lowest BCUT2D eigenvalue weighted by Crippen LogP contribution is -2.19. The zero-order valence-corrected chi connectivity index (χ0v) is 20.2. The van der Waals surface area contributed by atoms with Crippen LogP contribution in [-0.2, 0) is 10.0 Å². The van der Waals surface area contributed by atoms with Gasteiger partial charge in [-0.1, -0.05) is 41.9 Å². The molecule has 0 unspecified atom stereocenters. The molecule has 3 aromatic carbocycles. The summed E-state index contributed by atoms with van der Waals surface area (Å²) in [4.78, 5) is 2.14. The van der Waals surface area contributed by atoms with Crippen LogP contribution in [0, 0.1) is 0 Å². The summed E-state index contributed by atoms with van der Waals surface area (Å²) in [6, 6.07) is 20.8. The third-order valence-corrected chi connectivity index (χ3v) is 7.25. The third-order valence-electron chi connectivity index (χ3n) is 5.27. The van der Waals surface area contributed by atoms with Gasteiger partial charge >= 0.3 is 0 Å². The van der Waals surface area contributed by atoms with Crippen molar-refractivity contribution in [3.05, 3.63) is 77.8 Å². The Bertz CT molecular complexity index is 1370. The fourth-order valence-electron chi connectivity index (χ4n) is 3.62. The smallest absolute Gasteiger partial charge is 0.268 e. The third kappa shape index (κ3) is 4.57. The van der Waals surface area contributed by atoms with Crippen molar-refractivity contribution in [1.29, 1.82) is 0 Å². The van der Waals surface area contributed by atoms with Crippen LogP contribution < -0.4 is 9.47 Å². The zero-order valence-electron chi connectivity index (χ0n) is 18.7. The van der Waals surface area contributed by atoms with Gasteiger partial charge in [0.15, 0.2) is 5.75 Å². The van der Waals surface area contributed by atoms with Crippen LogP contribution in [-0.4, -0.2) is 51.6 Å². The SMILES string of the molecule is COc1ccc2c(c1)c(OCCN(C)C)c(-c1ccccc1)n2S(=O)(=O)c1ccc(Cl)cc1. The van der Waals surface area contributed by atoms with E-state index in [0.717, 1.165) is 5.56 Å². The van der Waals surface area contributed by atoms with Crippen molar-refractivity contribution in [2.75, 3.05) is 34.4 Å². The minimum Gasteiger partial charge on any atom is -0.497 e. The summed E-state index contributed by atoms with van der Waals surface area (Å²) in [5.41, 5.74) is 1.70. The molecule has 0 saturated carbocycles. The number of methoxy groups -OCH3 is 1. The molecule has 4 rings (SSSR count). The van der Waals surface area contributed by atoms with E-state index in [9.17, 15) is 8.42 Å². The minimum atomic E-state index is -3.97. The van der Waals surface area contributed by atoms with Crippen LogP contribution in [0.2, 0.25) is 5.02 Å². The van der Waals surface area contributed by atoms with E-state index < -0.39 is 10.0 Å². The van der Waals surface area contributed by atoms with E-state index in [1.54, 1.807) is 37.4 Å². The second-order valence-corrected chi connectivity index (χ2v) is 10.0. The van der Waals surface area contributed by atoms with Gasteiger partial charge in [0.05, 0.1) is 17.5 Å². The number of hydrogen-bond acceptors (Lipinski definition) is 5. The number of halogens is 1. The van der Waals surface area contributed by atoms with Crippen LogP contribution in [0.25, 0.3) is 22.2 Å². The van der Waals surface area contributed by atoms with Crippen LogP contribution in [0.4, 0.5) is 0 Å². The number of hydrogen-bond donors (Lipinski definition) is 0. The lowest BCUT2D eigenvalue weighted by molar-refractivity contribution is 0.264. The van der Waals surface area contributed by atoms with E-state index in [0.29, 0.717) is 46.3 Å². The van der Waals surface area contributed by atoms with Crippen molar-refractivity contribution in [2.45, 2.75) is 4.90 Å². The molecule has 0 N–H and O–H groups in total. The zero-order chi connectivity index (χ0) is 23.6. The van der Waals surface area contributed by atoms with Crippen molar-refractivity contribution in [1.82, 2.24) is 8.87 Å². The molecular formula is C25H25ClN2O4S. The second-order valence-electron chi connectivity index (χ2n) is 7.80. The van der Waals surface area contributed by atoms with Gasteiger partial charge in [0, 0.05) is 22.5 Å². The van der Waals surface area contributed by atoms with Crippen LogP contribution >= 0.6 is 11.6 Å². The average Bonchev–Trinajstić information content (AvgIpc) is 3.14. The van der Waals surface area contributed by atoms with E-state index in [1.807, 2.05) is 49.3 Å². The van der Waals surface area contributed by atoms with Crippen LogP contribution in [0.1, 0.15) is 0 Å². The number of benzene rings is 3. The predicted molar refractivity (Wildman–Crippen MR) is 132 cm³/mol. The van der Waals surface area contributed by atoms with Gasteiger partial charge in [-0.25, -0.2) is 12.4 Å². The maximum atomic E-state index is 13.9. The molecule has 0 atom stereocenters. The molecule has 8 heteroatoms. The van der Waals surface area contributed by atoms with Gasteiger partial charge < -0.3 is 14.4 Å². The average molecular weight is 485 g/mol. The summed E-state index contributed by atoms with van der Waals surface area (Å²) < 4.78 is 40.9. The molecule has 0 bridgehead atoms. The largest absolute Gasteiger partial charge is 0.497 e. The summed E-state index contributed by atoms with van der Waals surface area (Å²) in [6.45, 7) is 1.07. The van der Waals surface area contributed by atoms with Gasteiger partial charge in [-0.15, -0.1) is 0 Å². The minimum absolute atomic E-state index is 0.136. The Balaban J connectivity index is 2.05. The first-order chi connectivity index (χ1) is 15.8. The van der Waals surface area contributed by atoms with Crippen molar-refractivity contribution < 1.29 is 17.9 Å². The molecule has 4 aromatic rings. The summed E-state index contributed by atoms with van der Waals surface area (Å²) in [7, 11) is 1.52. The molecule has 1 aromatic heterocycles. The Hall–Kier alpha value is -3.00. The fraction of sp³-hybridized carbons (Fsp3) is 0.200. The number of aromatic nitrogens is 1. The molecule has 0 saturated heterocycles. The molecule has 0 amide bonds. The lowest BCUT2D eigenvalue weighted by atomic mass is 10.1. The van der Waals surface area contributed by atoms with Gasteiger partial charge in [-0.05, 0) is 56.6 Å². The van der Waals surface area contributed by atoms with Crippen molar-refractivity contribution in [2.24, 2.45) is 0 Å². The first-order valence-electron chi connectivity index (χ1n) is 10.4. The number of likely N-dealkylation sites (N-methyl/N-ethyl adjacent to an activating group) is 1. The standard InChI is InChI=1S/C25H25ClN2O4S/c1-27(2)15-16-32-25-22-17-20(31-3)11-14-23(22)28(24(25)18-7-5-4-6-8-18)33(29,30)21-12-9-19(26)10-13-21/h4-14,17H,15-16H2,1-3H3. The summed E-state index contributed by atoms with van der Waals surface area (Å²) in [5, 5.41) is 1.12. The van der Waals surface area contributed by atoms with E-state index in [2.05, 4.69) is 0 Å². The maximum absolute atomic E-state index is 13.9. The number of rotatable bonds is 8. The summed E-state index contributed by atoms with van der Waals surface area (Å²) in [5.74, 6) is 1.11. The highest BCUT2D eigenvalue weighted by Gasteiger charge is 2.29. The molecule has 6 nitrogen and oxygen atoms in total. The van der Waals surface area contributed by atoms with E-state index in [1.165, 1.54) is 16.1 Å². The molecule has 0 aliphatic carbocycles. The molecule has 0 aliphatic heterocycles. The normalized spacial score (nSPS) is 11.8. The predicted octanol–water partition coefficient (Wildman–Crippen LogP) is 5.15. The highest BCUT2D eigenvalue weighted by atomic mass is 35.5. The monoisotopic (exact) mass is 484 g/mol. The van der Waals surface area contributed by atoms with Crippen molar-refractivity contribution >= 4 is 32.5 Å². The Morgan fingerprint density at radius 2 is 1.67 bits per heavy atom. The molecule has 0 spiro atoms. The highest BCUT2D eigenvalue weighted by molar-refractivity contribution is 7.90. The molecule has 0 aliphatic rings. The van der Waals surface area contributed by atoms with Crippen molar-refractivity contribution in [3.63, 3.8) is 0 Å². The Kier molecular flexibility index (Phi) is 6.65. The first kappa shape index (κ1) is 23.2. The van der Waals surface area contributed by atoms with Crippen molar-refractivity contribution in [3.8, 4) is 22.8 Å². The molecule has 0 radical (unpaired) electrons. The summed E-state index contributed by atoms with van der Waals surface area (Å²) >= 11 is 6.01. The summed E-state index contributed by atoms with van der Waals surface area (Å²) in [6.07, 6.45) is 0. The quantitative estimate of drug-likeness (QED) is 0.346. The Morgan fingerprint density at radius 3 is 2.30 bits per heavy atom. The van der Waals surface area contributed by atoms with Gasteiger partial charge in [-0.3, -0.25) is 0 Å². The van der Waals surface area contributed by atoms with E-state index in [4.69, 9.17) is 21.1 Å². The maximum Gasteiger partial charge on any atom is 0.268 e. The highest BCUT2D eigenvalue weighted by Crippen LogP contribution is 2.43. The van der Waals surface area contributed by atoms with Gasteiger partial charge in [0.2, 0.25) is 0 Å². The van der Waals surface area contributed by atoms with Crippen LogP contribution in [0.5, 0.6) is 11.5 Å². The van der Waals surface area contributed by atoms with Gasteiger partial charge in [-0.2, -0.15) is 0 Å². The molecule has 0 fully saturated rings. The Labute approximate surface area is 199 Å². The van der Waals surface area contributed by atoms with Crippen LogP contribution in [0.15, 0.2) is 77.7 Å². The topological polar surface area (TPSA) is 60.8 Å². The Morgan fingerprint density at radius 1 is 0.970 bits per heavy atom. The lowest BCUT2D eigenvalue weighted by Gasteiger charge is -2.15. The van der Waals surface area contributed by atoms with E-state index in [-0.39, 0.29) is 4.90 Å². The first-order valence-corrected chi connectivity index (χ1v) is 12.2. The molecule has 33 heavy (non-hydrogen) atoms. The molecule has 172 valence electrons. The van der Waals surface area contributed by atoms with Crippen LogP contribution in [0.3, 0.4) is 0 Å². The second kappa shape index (κ2) is 9.47. The van der Waals surface area contributed by atoms with Gasteiger partial charge in [0.1, 0.15) is 18.1 Å². The molecular weight excluding hydrogens is 460 g/mol. The van der Waals surface area contributed by atoms with Gasteiger partial charge in [0.25, 0.3) is 10.0 Å². The van der Waals surface area contributed by atoms with E-state index >= 15 is 0 Å². The fourth-order valence-corrected chi connectivity index (χ4v) is 5.29. The number of fused-ring (bicyclic) bond motifs is 1. The molecule has 1 heterocycles.